The van der Waals surface area contributed by atoms with Gasteiger partial charge < -0.3 is 0 Å². The quantitative estimate of drug-likeness (QED) is 0.0355. The van der Waals surface area contributed by atoms with Gasteiger partial charge in [0.25, 0.3) is 0 Å². The SMILES string of the molecule is CCC[CH2][Sn](/[CH]=C(/CCCC/C(=[CH]/[Sn]([CH2]CCC)([CH2]CCC)[CH2]CCC)B1Nc2cccc3cccc(c23)N1)B1Nc2cccc3cccc(c23)N1)([CH2]CCC)[CH2]CCC. The fourth-order valence-corrected chi connectivity index (χ4v) is 41.8. The number of nitrogens with one attached hydrogen (secondary N) is 4. The molecule has 0 bridgehead atoms. The third kappa shape index (κ3) is 12.3. The number of allylic oxidation sites excluding steroid dienone is 2. The molecule has 0 saturated carbocycles. The molecule has 4 N–H and O–H groups in total. The van der Waals surface area contributed by atoms with Crippen molar-refractivity contribution in [3.05, 3.63) is 91.9 Å². The standard InChI is InChI=1S/C28H26B2N4.6C4H9.2Sn/c1-19(29-31-23-15-5-11-21-12-6-16-24(32-29)27(21)23)9-3-4-10-20(2)30-33-25-17-7-13-22-14-8-18-26(34-30)28(22)25;6*1-3-4-2;;/h1-2,5-8,11-18,31-34H,3-4,9-10H2;6*1,3-4H2,2H3;;. The summed E-state index contributed by atoms with van der Waals surface area (Å²) in [7, 11) is 0. The van der Waals surface area contributed by atoms with Gasteiger partial charge in [-0.25, -0.2) is 0 Å². The van der Waals surface area contributed by atoms with Crippen molar-refractivity contribution in [3.8, 4) is 0 Å². The van der Waals surface area contributed by atoms with Crippen molar-refractivity contribution in [1.29, 1.82) is 0 Å². The van der Waals surface area contributed by atoms with Crippen LogP contribution in [0.15, 0.2) is 91.9 Å². The van der Waals surface area contributed by atoms with E-state index in [0.29, 0.717) is 0 Å². The van der Waals surface area contributed by atoms with Gasteiger partial charge in [0.2, 0.25) is 0 Å². The molecule has 0 aromatic heterocycles. The Morgan fingerprint density at radius 3 is 0.917 bits per heavy atom. The molecule has 0 atom stereocenters. The molecule has 2 aliphatic rings. The number of anilines is 4. The summed E-state index contributed by atoms with van der Waals surface area (Å²) in [5, 5.41) is 21.7. The van der Waals surface area contributed by atoms with Gasteiger partial charge in [0.1, 0.15) is 0 Å². The summed E-state index contributed by atoms with van der Waals surface area (Å²) in [6.45, 7) is 14.8. The molecule has 0 unspecified atom stereocenters. The number of hydrogen-bond donors (Lipinski definition) is 4. The zero-order chi connectivity index (χ0) is 42.2. The van der Waals surface area contributed by atoms with Crippen LogP contribution in [0.25, 0.3) is 21.5 Å². The van der Waals surface area contributed by atoms with Gasteiger partial charge in [-0.15, -0.1) is 0 Å². The normalized spacial score (nSPS) is 14.3. The number of unbranched alkanes of at least 4 members (excludes halogenated alkanes) is 7. The van der Waals surface area contributed by atoms with Crippen LogP contribution in [0.1, 0.15) is 144 Å². The Morgan fingerprint density at radius 1 is 0.400 bits per heavy atom. The summed E-state index contributed by atoms with van der Waals surface area (Å²) in [5.41, 5.74) is 8.50. The van der Waals surface area contributed by atoms with Crippen LogP contribution in [0.2, 0.25) is 26.6 Å². The second-order valence-corrected chi connectivity index (χ2v) is 44.6. The molecule has 0 spiro atoms. The van der Waals surface area contributed by atoms with E-state index < -0.39 is 36.8 Å². The Bertz CT molecular complexity index is 1740. The van der Waals surface area contributed by atoms with Crippen molar-refractivity contribution in [2.24, 2.45) is 0 Å². The molecular weight excluding hydrogens is 940 g/mol. The summed E-state index contributed by atoms with van der Waals surface area (Å²) in [5.74, 6) is 0. The van der Waals surface area contributed by atoms with Gasteiger partial charge in [0.05, 0.1) is 0 Å². The first-order valence-electron chi connectivity index (χ1n) is 24.9. The van der Waals surface area contributed by atoms with E-state index >= 15 is 0 Å². The molecule has 0 saturated heterocycles. The van der Waals surface area contributed by atoms with E-state index in [1.54, 1.807) is 10.9 Å². The first kappa shape index (κ1) is 47.3. The first-order chi connectivity index (χ1) is 29.4. The fraction of sp³-hybridized carbons (Fsp3) is 0.538. The second-order valence-electron chi connectivity index (χ2n) is 18.9. The van der Waals surface area contributed by atoms with Crippen LogP contribution in [0.4, 0.5) is 22.7 Å². The summed E-state index contributed by atoms with van der Waals surface area (Å²) in [4.78, 5) is 0. The van der Waals surface area contributed by atoms with Crippen LogP contribution in [0, 0.1) is 0 Å². The second kappa shape index (κ2) is 24.0. The van der Waals surface area contributed by atoms with E-state index in [4.69, 9.17) is 0 Å². The van der Waals surface area contributed by atoms with Crippen molar-refractivity contribution < 1.29 is 0 Å². The van der Waals surface area contributed by atoms with Gasteiger partial charge in [-0.3, -0.25) is 0 Å². The maximum absolute atomic E-state index is 4.09. The topological polar surface area (TPSA) is 48.1 Å². The predicted molar refractivity (Wildman–Crippen MR) is 278 cm³/mol. The van der Waals surface area contributed by atoms with Gasteiger partial charge in [-0.2, -0.15) is 0 Å². The van der Waals surface area contributed by atoms with Gasteiger partial charge in [0.15, 0.2) is 0 Å². The fourth-order valence-electron chi connectivity index (χ4n) is 10.6. The van der Waals surface area contributed by atoms with Gasteiger partial charge in [0, 0.05) is 0 Å². The third-order valence-corrected chi connectivity index (χ3v) is 42.8. The van der Waals surface area contributed by atoms with E-state index in [9.17, 15) is 0 Å². The molecule has 60 heavy (non-hydrogen) atoms. The Labute approximate surface area is 375 Å². The first-order valence-corrected chi connectivity index (χ1v) is 40.3. The van der Waals surface area contributed by atoms with Gasteiger partial charge in [-0.1, -0.05) is 0 Å². The van der Waals surface area contributed by atoms with Crippen LogP contribution in [-0.2, 0) is 0 Å². The molecule has 0 radical (unpaired) electrons. The predicted octanol–water partition coefficient (Wildman–Crippen LogP) is 16.6. The summed E-state index contributed by atoms with van der Waals surface area (Å²) in [6.07, 6.45) is 21.1. The van der Waals surface area contributed by atoms with Crippen LogP contribution < -0.4 is 20.9 Å². The van der Waals surface area contributed by atoms with E-state index in [2.05, 4.69) is 143 Å². The van der Waals surface area contributed by atoms with Crippen LogP contribution >= 0.6 is 0 Å². The molecule has 2 aliphatic heterocycles. The van der Waals surface area contributed by atoms with Crippen molar-refractivity contribution in [2.75, 3.05) is 20.9 Å². The zero-order valence-electron chi connectivity index (χ0n) is 38.8. The average molecular weight is 1020 g/mol. The minimum absolute atomic E-state index is 0.154. The molecule has 0 aliphatic carbocycles. The van der Waals surface area contributed by atoms with Gasteiger partial charge in [-0.05, 0) is 0 Å². The summed E-state index contributed by atoms with van der Waals surface area (Å²) < 4.78 is 15.2. The zero-order valence-corrected chi connectivity index (χ0v) is 44.5. The summed E-state index contributed by atoms with van der Waals surface area (Å²) in [6, 6.07) is 27.2. The number of rotatable bonds is 27. The van der Waals surface area contributed by atoms with E-state index in [-0.39, 0.29) is 14.0 Å². The molecule has 4 aromatic rings. The molecule has 8 heteroatoms. The Morgan fingerprint density at radius 2 is 0.667 bits per heavy atom. The maximum atomic E-state index is 4.09. The van der Waals surface area contributed by atoms with E-state index in [1.165, 1.54) is 174 Å². The van der Waals surface area contributed by atoms with Crippen LogP contribution in [0.3, 0.4) is 0 Å². The Balaban J connectivity index is 1.33. The molecule has 0 amide bonds. The van der Waals surface area contributed by atoms with Crippen molar-refractivity contribution in [3.63, 3.8) is 0 Å². The van der Waals surface area contributed by atoms with Crippen molar-refractivity contribution in [2.45, 2.75) is 171 Å². The van der Waals surface area contributed by atoms with Crippen LogP contribution in [0.5, 0.6) is 0 Å². The molecule has 6 rings (SSSR count). The van der Waals surface area contributed by atoms with Crippen LogP contribution in [-0.4, -0.2) is 50.7 Å². The molecule has 4 nitrogen and oxygen atoms in total. The Kier molecular flexibility index (Phi) is 18.9. The molecule has 0 fully saturated rings. The van der Waals surface area contributed by atoms with Crippen molar-refractivity contribution >= 4 is 95.0 Å². The minimum atomic E-state index is -2.64. The average Bonchev–Trinajstić information content (AvgIpc) is 3.28. The van der Waals surface area contributed by atoms with E-state index in [1.807, 2.05) is 0 Å². The Hall–Kier alpha value is -2.19. The molecule has 4 aromatic carbocycles. The summed E-state index contributed by atoms with van der Waals surface area (Å²) >= 11 is -5.28. The monoisotopic (exact) mass is 1020 g/mol. The van der Waals surface area contributed by atoms with Crippen molar-refractivity contribution in [1.82, 2.24) is 0 Å². The molecule has 2 heterocycles. The number of benzene rings is 4. The number of hydrogen-bond acceptors (Lipinski definition) is 4. The molecule has 322 valence electrons. The van der Waals surface area contributed by atoms with Gasteiger partial charge >= 0.3 is 379 Å². The van der Waals surface area contributed by atoms with E-state index in [0.717, 1.165) is 0 Å². The molecular formula is C52H80B2N4Sn2. The third-order valence-electron chi connectivity index (χ3n) is 14.1.